The molecule has 3 aromatic carbocycles. The number of halogens is 2. The highest BCUT2D eigenvalue weighted by molar-refractivity contribution is 8.00. The summed E-state index contributed by atoms with van der Waals surface area (Å²) in [4.78, 5) is 10.5. The van der Waals surface area contributed by atoms with Crippen molar-refractivity contribution >= 4 is 63.5 Å². The number of anilines is 3. The summed E-state index contributed by atoms with van der Waals surface area (Å²) in [5.74, 6) is 1.26. The van der Waals surface area contributed by atoms with Crippen LogP contribution in [0.25, 0.3) is 11.0 Å². The lowest BCUT2D eigenvalue weighted by molar-refractivity contribution is 1.28. The number of benzene rings is 3. The zero-order valence-electron chi connectivity index (χ0n) is 16.9. The van der Waals surface area contributed by atoms with Crippen LogP contribution in [0.1, 0.15) is 19.4 Å². The lowest BCUT2D eigenvalue weighted by Crippen LogP contribution is -2.02. The first-order chi connectivity index (χ1) is 14.6. The summed E-state index contributed by atoms with van der Waals surface area (Å²) < 4.78 is 3.29. The molecule has 30 heavy (non-hydrogen) atoms. The number of nitrogens with one attached hydrogen (secondary N) is 2. The van der Waals surface area contributed by atoms with Crippen LogP contribution in [0.3, 0.4) is 0 Å². The minimum atomic E-state index is 0.625. The van der Waals surface area contributed by atoms with Crippen LogP contribution in [-0.2, 0) is 0 Å². The third kappa shape index (κ3) is 5.57. The smallest absolute Gasteiger partial charge is 0.180 e. The second kappa shape index (κ2) is 10.5. The average Bonchev–Trinajstić information content (AvgIpc) is 2.77. The Labute approximate surface area is 191 Å². The number of aryl methyl sites for hydroxylation is 1. The van der Waals surface area contributed by atoms with Crippen LogP contribution >= 0.6 is 35.1 Å². The van der Waals surface area contributed by atoms with E-state index in [4.69, 9.17) is 33.2 Å². The third-order valence-corrected chi connectivity index (χ3v) is 5.55. The fourth-order valence-electron chi connectivity index (χ4n) is 2.58. The highest BCUT2D eigenvalue weighted by atomic mass is 35.5. The van der Waals surface area contributed by atoms with E-state index in [1.165, 1.54) is 11.9 Å². The summed E-state index contributed by atoms with van der Waals surface area (Å²) in [7, 11) is 0. The summed E-state index contributed by atoms with van der Waals surface area (Å²) in [6.45, 7) is 5.97. The van der Waals surface area contributed by atoms with Crippen molar-refractivity contribution in [2.45, 2.75) is 25.7 Å². The minimum Gasteiger partial charge on any atom is -0.337 e. The monoisotopic (exact) mass is 456 g/mol. The van der Waals surface area contributed by atoms with Crippen molar-refractivity contribution in [1.82, 2.24) is 9.97 Å². The van der Waals surface area contributed by atoms with Crippen molar-refractivity contribution in [2.24, 2.45) is 0 Å². The van der Waals surface area contributed by atoms with E-state index in [1.54, 1.807) is 0 Å². The van der Waals surface area contributed by atoms with E-state index in [2.05, 4.69) is 10.0 Å². The number of aromatic nitrogens is 2. The van der Waals surface area contributed by atoms with Crippen LogP contribution in [-0.4, -0.2) is 9.97 Å². The number of para-hydroxylation sites is 2. The molecule has 7 heteroatoms. The molecule has 0 saturated carbocycles. The standard InChI is InChI=1S/C21H16Cl2N4S.C2H6/c1-13-6-9-15(12-17(13)23)24-20-21(26-19-5-3-2-4-18(19)25-20)27-28-16-10-7-14(22)8-11-16;1-2/h2-12H,1H3,(H,24,25)(H,26,27);1-2H3. The van der Waals surface area contributed by atoms with Crippen molar-refractivity contribution < 1.29 is 0 Å². The molecular formula is C23H22Cl2N4S. The van der Waals surface area contributed by atoms with Crippen molar-refractivity contribution in [2.75, 3.05) is 10.0 Å². The molecule has 4 nitrogen and oxygen atoms in total. The van der Waals surface area contributed by atoms with Gasteiger partial charge in [0, 0.05) is 20.6 Å². The van der Waals surface area contributed by atoms with E-state index in [-0.39, 0.29) is 0 Å². The molecule has 0 fully saturated rings. The largest absolute Gasteiger partial charge is 0.337 e. The Morgan fingerprint density at radius 2 is 1.43 bits per heavy atom. The molecule has 0 aliphatic rings. The molecule has 0 amide bonds. The normalized spacial score (nSPS) is 10.3. The predicted molar refractivity (Wildman–Crippen MR) is 131 cm³/mol. The topological polar surface area (TPSA) is 49.8 Å². The zero-order valence-corrected chi connectivity index (χ0v) is 19.2. The second-order valence-electron chi connectivity index (χ2n) is 6.16. The van der Waals surface area contributed by atoms with Gasteiger partial charge in [-0.25, -0.2) is 9.97 Å². The summed E-state index contributed by atoms with van der Waals surface area (Å²) in [6.07, 6.45) is 0. The minimum absolute atomic E-state index is 0.625. The fourth-order valence-corrected chi connectivity index (χ4v) is 3.51. The van der Waals surface area contributed by atoms with E-state index in [1.807, 2.05) is 87.5 Å². The van der Waals surface area contributed by atoms with Gasteiger partial charge in [-0.3, -0.25) is 0 Å². The van der Waals surface area contributed by atoms with Crippen LogP contribution in [0, 0.1) is 6.92 Å². The number of rotatable bonds is 5. The lowest BCUT2D eigenvalue weighted by Gasteiger charge is -2.13. The third-order valence-electron chi connectivity index (χ3n) is 4.08. The molecular weight excluding hydrogens is 435 g/mol. The zero-order chi connectivity index (χ0) is 21.5. The van der Waals surface area contributed by atoms with Gasteiger partial charge in [-0.1, -0.05) is 55.2 Å². The molecule has 1 heterocycles. The molecule has 0 bridgehead atoms. The maximum atomic E-state index is 6.26. The summed E-state index contributed by atoms with van der Waals surface area (Å²) in [5, 5.41) is 4.72. The maximum Gasteiger partial charge on any atom is 0.180 e. The Morgan fingerprint density at radius 3 is 2.07 bits per heavy atom. The quantitative estimate of drug-likeness (QED) is 0.296. The van der Waals surface area contributed by atoms with Gasteiger partial charge >= 0.3 is 0 Å². The Morgan fingerprint density at radius 1 is 0.800 bits per heavy atom. The summed E-state index contributed by atoms with van der Waals surface area (Å²) in [6, 6.07) is 21.2. The van der Waals surface area contributed by atoms with E-state index in [9.17, 15) is 0 Å². The Hall–Kier alpha value is -2.47. The van der Waals surface area contributed by atoms with Crippen LogP contribution < -0.4 is 10.0 Å². The molecule has 0 aliphatic heterocycles. The predicted octanol–water partition coefficient (Wildman–Crippen LogP) is 8.13. The van der Waals surface area contributed by atoms with Crippen molar-refractivity contribution in [1.29, 1.82) is 0 Å². The highest BCUT2D eigenvalue weighted by Crippen LogP contribution is 2.30. The summed E-state index contributed by atoms with van der Waals surface area (Å²) >= 11 is 13.7. The molecule has 0 atom stereocenters. The summed E-state index contributed by atoms with van der Waals surface area (Å²) in [5.41, 5.74) is 3.49. The van der Waals surface area contributed by atoms with Crippen LogP contribution in [0.15, 0.2) is 71.6 Å². The van der Waals surface area contributed by atoms with Gasteiger partial charge in [0.1, 0.15) is 0 Å². The SMILES string of the molecule is CC.Cc1ccc(Nc2nc3ccccc3nc2NSc2ccc(Cl)cc2)cc1Cl. The van der Waals surface area contributed by atoms with E-state index >= 15 is 0 Å². The van der Waals surface area contributed by atoms with Gasteiger partial charge in [0.15, 0.2) is 11.6 Å². The van der Waals surface area contributed by atoms with E-state index in [0.29, 0.717) is 21.7 Å². The van der Waals surface area contributed by atoms with Crippen molar-refractivity contribution in [3.63, 3.8) is 0 Å². The van der Waals surface area contributed by atoms with Crippen LogP contribution in [0.2, 0.25) is 10.0 Å². The average molecular weight is 457 g/mol. The van der Waals surface area contributed by atoms with Crippen LogP contribution in [0.4, 0.5) is 17.3 Å². The molecule has 0 saturated heterocycles. The first-order valence-electron chi connectivity index (χ1n) is 9.57. The van der Waals surface area contributed by atoms with Gasteiger partial charge in [-0.05, 0) is 73.0 Å². The van der Waals surface area contributed by atoms with Gasteiger partial charge in [-0.2, -0.15) is 0 Å². The molecule has 154 valence electrons. The molecule has 0 unspecified atom stereocenters. The lowest BCUT2D eigenvalue weighted by atomic mass is 10.2. The Balaban J connectivity index is 0.00000124. The molecule has 0 radical (unpaired) electrons. The van der Waals surface area contributed by atoms with Gasteiger partial charge in [0.05, 0.1) is 11.0 Å². The first kappa shape index (κ1) is 22.2. The number of hydrogen-bond donors (Lipinski definition) is 2. The molecule has 4 aromatic rings. The molecule has 0 spiro atoms. The van der Waals surface area contributed by atoms with Crippen molar-refractivity contribution in [3.05, 3.63) is 82.3 Å². The maximum absolute atomic E-state index is 6.26. The Bertz CT molecular complexity index is 1130. The first-order valence-corrected chi connectivity index (χ1v) is 11.1. The Kier molecular flexibility index (Phi) is 7.80. The molecule has 2 N–H and O–H groups in total. The fraction of sp³-hybridized carbons (Fsp3) is 0.130. The number of nitrogens with zero attached hydrogens (tertiary/aromatic N) is 2. The van der Waals surface area contributed by atoms with Gasteiger partial charge in [0.25, 0.3) is 0 Å². The number of hydrogen-bond acceptors (Lipinski definition) is 5. The molecule has 0 aliphatic carbocycles. The van der Waals surface area contributed by atoms with Gasteiger partial charge < -0.3 is 10.0 Å². The van der Waals surface area contributed by atoms with Crippen molar-refractivity contribution in [3.8, 4) is 0 Å². The highest BCUT2D eigenvalue weighted by Gasteiger charge is 2.10. The molecule has 4 rings (SSSR count). The van der Waals surface area contributed by atoms with Gasteiger partial charge in [0.2, 0.25) is 0 Å². The van der Waals surface area contributed by atoms with E-state index < -0.39 is 0 Å². The number of fused-ring (bicyclic) bond motifs is 1. The van der Waals surface area contributed by atoms with E-state index in [0.717, 1.165) is 27.2 Å². The molecule has 1 aromatic heterocycles. The van der Waals surface area contributed by atoms with Crippen LogP contribution in [0.5, 0.6) is 0 Å². The second-order valence-corrected chi connectivity index (χ2v) is 7.88. The van der Waals surface area contributed by atoms with Gasteiger partial charge in [-0.15, -0.1) is 0 Å².